The van der Waals surface area contributed by atoms with E-state index in [0.717, 1.165) is 6.42 Å². The summed E-state index contributed by atoms with van der Waals surface area (Å²) in [5.41, 5.74) is 14.0. The zero-order valence-electron chi connectivity index (χ0n) is 13.0. The van der Waals surface area contributed by atoms with Crippen LogP contribution in [-0.2, 0) is 0 Å². The summed E-state index contributed by atoms with van der Waals surface area (Å²) in [6.45, 7) is 9.39. The summed E-state index contributed by atoms with van der Waals surface area (Å²) in [6, 6.07) is 13.6. The van der Waals surface area contributed by atoms with Gasteiger partial charge in [0.15, 0.2) is 0 Å². The van der Waals surface area contributed by atoms with Crippen LogP contribution in [0.2, 0.25) is 0 Å². The molecule has 0 saturated heterocycles. The highest BCUT2D eigenvalue weighted by atomic mass is 14.5. The third kappa shape index (κ3) is 3.10. The molecule has 20 heavy (non-hydrogen) atoms. The molecule has 0 atom stereocenters. The van der Waals surface area contributed by atoms with Gasteiger partial charge in [0.05, 0.1) is 0 Å². The molecule has 0 heterocycles. The van der Waals surface area contributed by atoms with E-state index in [1.54, 1.807) is 0 Å². The lowest BCUT2D eigenvalue weighted by atomic mass is 9.86. The molecule has 1 heteroatoms. The van der Waals surface area contributed by atoms with E-state index in [2.05, 4.69) is 64.1 Å². The Morgan fingerprint density at radius 2 is 1.20 bits per heavy atom. The molecule has 0 fully saturated rings. The Labute approximate surface area is 122 Å². The molecule has 0 aliphatic heterocycles. The van der Waals surface area contributed by atoms with Gasteiger partial charge in [-0.1, -0.05) is 36.4 Å². The van der Waals surface area contributed by atoms with Crippen molar-refractivity contribution < 1.29 is 0 Å². The van der Waals surface area contributed by atoms with Crippen LogP contribution in [0.4, 0.5) is 0 Å². The van der Waals surface area contributed by atoms with E-state index in [1.165, 1.54) is 33.4 Å². The monoisotopic (exact) mass is 267 g/mol. The standard InChI is InChI=1S/C19H25N/c1-13-5-7-17(11-15(13)3)19(9-10-20)18-8-6-14(2)16(4)12-18/h5-8,11-12,19H,9-10,20H2,1-4H3. The van der Waals surface area contributed by atoms with Crippen LogP contribution >= 0.6 is 0 Å². The fourth-order valence-corrected chi connectivity index (χ4v) is 2.66. The quantitative estimate of drug-likeness (QED) is 0.873. The van der Waals surface area contributed by atoms with Crippen LogP contribution in [0.1, 0.15) is 45.7 Å². The molecule has 0 bridgehead atoms. The Morgan fingerprint density at radius 3 is 1.55 bits per heavy atom. The van der Waals surface area contributed by atoms with Gasteiger partial charge in [0.2, 0.25) is 0 Å². The maximum absolute atomic E-state index is 5.84. The van der Waals surface area contributed by atoms with E-state index in [0.29, 0.717) is 12.5 Å². The lowest BCUT2D eigenvalue weighted by Gasteiger charge is -2.19. The van der Waals surface area contributed by atoms with E-state index in [9.17, 15) is 0 Å². The second-order valence-corrected chi connectivity index (χ2v) is 5.82. The second kappa shape index (κ2) is 6.23. The second-order valence-electron chi connectivity index (χ2n) is 5.82. The molecule has 106 valence electrons. The zero-order chi connectivity index (χ0) is 14.7. The Bertz CT molecular complexity index is 547. The minimum absolute atomic E-state index is 0.401. The maximum atomic E-state index is 5.84. The van der Waals surface area contributed by atoms with E-state index in [4.69, 9.17) is 5.73 Å². The molecule has 1 nitrogen and oxygen atoms in total. The van der Waals surface area contributed by atoms with Crippen molar-refractivity contribution in [1.29, 1.82) is 0 Å². The minimum Gasteiger partial charge on any atom is -0.330 e. The normalized spacial score (nSPS) is 11.1. The van der Waals surface area contributed by atoms with Gasteiger partial charge in [-0.3, -0.25) is 0 Å². The van der Waals surface area contributed by atoms with Gasteiger partial charge < -0.3 is 5.73 Å². The van der Waals surface area contributed by atoms with Crippen LogP contribution in [0.15, 0.2) is 36.4 Å². The number of nitrogens with two attached hydrogens (primary N) is 1. The predicted molar refractivity (Wildman–Crippen MR) is 87.3 cm³/mol. The molecule has 0 aromatic heterocycles. The summed E-state index contributed by atoms with van der Waals surface area (Å²) in [5.74, 6) is 0.401. The van der Waals surface area contributed by atoms with Crippen molar-refractivity contribution in [2.75, 3.05) is 6.54 Å². The van der Waals surface area contributed by atoms with Crippen molar-refractivity contribution in [2.24, 2.45) is 5.73 Å². The largest absolute Gasteiger partial charge is 0.330 e. The van der Waals surface area contributed by atoms with Crippen LogP contribution in [0.25, 0.3) is 0 Å². The molecule has 0 spiro atoms. The first-order valence-electron chi connectivity index (χ1n) is 7.37. The van der Waals surface area contributed by atoms with E-state index in [1.807, 2.05) is 0 Å². The summed E-state index contributed by atoms with van der Waals surface area (Å²) in [5, 5.41) is 0. The van der Waals surface area contributed by atoms with Gasteiger partial charge in [-0.05, 0) is 74.0 Å². The first kappa shape index (κ1) is 14.8. The molecule has 2 aromatic carbocycles. The maximum Gasteiger partial charge on any atom is 0.0101 e. The van der Waals surface area contributed by atoms with Gasteiger partial charge in [-0.25, -0.2) is 0 Å². The number of benzene rings is 2. The minimum atomic E-state index is 0.401. The summed E-state index contributed by atoms with van der Waals surface area (Å²) in [4.78, 5) is 0. The zero-order valence-corrected chi connectivity index (χ0v) is 13.0. The van der Waals surface area contributed by atoms with Crippen LogP contribution in [0, 0.1) is 27.7 Å². The smallest absolute Gasteiger partial charge is 0.0101 e. The van der Waals surface area contributed by atoms with Crippen molar-refractivity contribution in [3.63, 3.8) is 0 Å². The van der Waals surface area contributed by atoms with Crippen molar-refractivity contribution in [3.05, 3.63) is 69.8 Å². The summed E-state index contributed by atoms with van der Waals surface area (Å²) >= 11 is 0. The van der Waals surface area contributed by atoms with Crippen LogP contribution in [0.5, 0.6) is 0 Å². The molecule has 0 amide bonds. The highest BCUT2D eigenvalue weighted by molar-refractivity contribution is 5.40. The topological polar surface area (TPSA) is 26.0 Å². The number of aryl methyl sites for hydroxylation is 4. The molecule has 0 saturated carbocycles. The Hall–Kier alpha value is -1.60. The summed E-state index contributed by atoms with van der Waals surface area (Å²) in [6.07, 6.45) is 0.991. The molecule has 2 rings (SSSR count). The number of hydrogen-bond acceptors (Lipinski definition) is 1. The molecule has 0 aliphatic rings. The van der Waals surface area contributed by atoms with E-state index < -0.39 is 0 Å². The van der Waals surface area contributed by atoms with Gasteiger partial charge in [0.1, 0.15) is 0 Å². The fourth-order valence-electron chi connectivity index (χ4n) is 2.66. The van der Waals surface area contributed by atoms with Crippen molar-refractivity contribution in [3.8, 4) is 0 Å². The number of hydrogen-bond donors (Lipinski definition) is 1. The SMILES string of the molecule is Cc1ccc(C(CCN)c2ccc(C)c(C)c2)cc1C. The van der Waals surface area contributed by atoms with Crippen molar-refractivity contribution in [1.82, 2.24) is 0 Å². The highest BCUT2D eigenvalue weighted by Gasteiger charge is 2.14. The first-order valence-corrected chi connectivity index (χ1v) is 7.37. The highest BCUT2D eigenvalue weighted by Crippen LogP contribution is 2.30. The predicted octanol–water partition coefficient (Wildman–Crippen LogP) is 4.40. The summed E-state index contributed by atoms with van der Waals surface area (Å²) in [7, 11) is 0. The van der Waals surface area contributed by atoms with Gasteiger partial charge in [-0.2, -0.15) is 0 Å². The van der Waals surface area contributed by atoms with Crippen LogP contribution in [-0.4, -0.2) is 6.54 Å². The molecule has 2 N–H and O–H groups in total. The van der Waals surface area contributed by atoms with Gasteiger partial charge in [0.25, 0.3) is 0 Å². The van der Waals surface area contributed by atoms with E-state index >= 15 is 0 Å². The molecular weight excluding hydrogens is 242 g/mol. The first-order chi connectivity index (χ1) is 9.52. The fraction of sp³-hybridized carbons (Fsp3) is 0.368. The van der Waals surface area contributed by atoms with Crippen molar-refractivity contribution >= 4 is 0 Å². The lowest BCUT2D eigenvalue weighted by molar-refractivity contribution is 0.724. The van der Waals surface area contributed by atoms with Crippen LogP contribution < -0.4 is 5.73 Å². The average molecular weight is 267 g/mol. The molecular formula is C19H25N. The Kier molecular flexibility index (Phi) is 4.61. The van der Waals surface area contributed by atoms with Gasteiger partial charge in [-0.15, -0.1) is 0 Å². The summed E-state index contributed by atoms with van der Waals surface area (Å²) < 4.78 is 0. The third-order valence-corrected chi connectivity index (χ3v) is 4.32. The molecule has 0 unspecified atom stereocenters. The average Bonchev–Trinajstić information content (AvgIpc) is 2.43. The Balaban J connectivity index is 2.44. The lowest BCUT2D eigenvalue weighted by Crippen LogP contribution is -2.09. The van der Waals surface area contributed by atoms with E-state index in [-0.39, 0.29) is 0 Å². The third-order valence-electron chi connectivity index (χ3n) is 4.32. The Morgan fingerprint density at radius 1 is 0.750 bits per heavy atom. The number of rotatable bonds is 4. The van der Waals surface area contributed by atoms with Crippen molar-refractivity contribution in [2.45, 2.75) is 40.0 Å². The molecule has 2 aromatic rings. The van der Waals surface area contributed by atoms with Crippen LogP contribution in [0.3, 0.4) is 0 Å². The molecule has 0 aliphatic carbocycles. The van der Waals surface area contributed by atoms with Gasteiger partial charge in [0, 0.05) is 5.92 Å². The molecule has 0 radical (unpaired) electrons. The van der Waals surface area contributed by atoms with Gasteiger partial charge >= 0.3 is 0 Å².